The Morgan fingerprint density at radius 1 is 1.14 bits per heavy atom. The van der Waals surface area contributed by atoms with E-state index in [-0.39, 0.29) is 5.82 Å². The second kappa shape index (κ2) is 7.35. The number of rotatable bonds is 4. The van der Waals surface area contributed by atoms with Crippen LogP contribution in [0.5, 0.6) is 11.6 Å². The summed E-state index contributed by atoms with van der Waals surface area (Å²) in [5.74, 6) is 1.06. The number of carbonyl (C=O) groups excluding carboxylic acids is 1. The fraction of sp³-hybridized carbons (Fsp3) is 0.105. The first-order chi connectivity index (χ1) is 13.5. The molecule has 4 rings (SSSR count). The molecule has 8 nitrogen and oxygen atoms in total. The van der Waals surface area contributed by atoms with Crippen molar-refractivity contribution < 1.29 is 9.53 Å². The molecular weight excluding hydrogens is 424 g/mol. The number of carbonyl (C=O) groups is 1. The second-order valence-electron chi connectivity index (χ2n) is 6.08. The van der Waals surface area contributed by atoms with Crippen molar-refractivity contribution in [3.63, 3.8) is 0 Å². The van der Waals surface area contributed by atoms with Gasteiger partial charge in [-0.25, -0.2) is 14.5 Å². The number of fused-ring (bicyclic) bond motifs is 1. The van der Waals surface area contributed by atoms with E-state index in [0.717, 1.165) is 15.9 Å². The van der Waals surface area contributed by atoms with Crippen molar-refractivity contribution in [2.24, 2.45) is 0 Å². The van der Waals surface area contributed by atoms with Crippen LogP contribution in [0.15, 0.2) is 53.1 Å². The molecule has 1 aromatic carbocycles. The first kappa shape index (κ1) is 18.1. The van der Waals surface area contributed by atoms with Crippen LogP contribution in [0.2, 0.25) is 0 Å². The summed E-state index contributed by atoms with van der Waals surface area (Å²) in [6, 6.07) is 12.7. The predicted octanol–water partition coefficient (Wildman–Crippen LogP) is 3.94. The highest BCUT2D eigenvalue weighted by atomic mass is 79.9. The van der Waals surface area contributed by atoms with Crippen LogP contribution in [0.3, 0.4) is 0 Å². The van der Waals surface area contributed by atoms with E-state index in [4.69, 9.17) is 4.74 Å². The third kappa shape index (κ3) is 3.84. The molecule has 0 unspecified atom stereocenters. The molecule has 0 aliphatic rings. The fourth-order valence-electron chi connectivity index (χ4n) is 2.62. The van der Waals surface area contributed by atoms with E-state index in [0.29, 0.717) is 23.1 Å². The number of amides is 1. The van der Waals surface area contributed by atoms with Crippen molar-refractivity contribution in [3.8, 4) is 11.6 Å². The normalized spacial score (nSPS) is 10.8. The molecule has 9 heteroatoms. The molecule has 4 aromatic rings. The molecule has 0 radical (unpaired) electrons. The molecule has 0 aliphatic heterocycles. The monoisotopic (exact) mass is 438 g/mol. The van der Waals surface area contributed by atoms with E-state index in [9.17, 15) is 4.79 Å². The zero-order valence-electron chi connectivity index (χ0n) is 15.0. The highest BCUT2D eigenvalue weighted by molar-refractivity contribution is 9.10. The number of anilines is 1. The highest BCUT2D eigenvalue weighted by Gasteiger charge is 2.15. The van der Waals surface area contributed by atoms with Crippen LogP contribution in [-0.2, 0) is 0 Å². The standard InChI is InChI=1S/C19H15BrN6O2/c1-11-8-12(2)26-19(22-11)24-17(25-26)18(27)23-14-6-7-16(21-10-14)28-15-5-3-4-13(20)9-15/h3-10H,1-2H3,(H,23,27). The largest absolute Gasteiger partial charge is 0.439 e. The van der Waals surface area contributed by atoms with Gasteiger partial charge >= 0.3 is 0 Å². The zero-order valence-corrected chi connectivity index (χ0v) is 16.6. The second-order valence-corrected chi connectivity index (χ2v) is 7.00. The third-order valence-electron chi connectivity index (χ3n) is 3.83. The summed E-state index contributed by atoms with van der Waals surface area (Å²) in [5, 5.41) is 6.94. The molecular formula is C19H15BrN6O2. The molecule has 0 saturated carbocycles. The Kier molecular flexibility index (Phi) is 4.74. The van der Waals surface area contributed by atoms with Crippen molar-refractivity contribution in [2.75, 3.05) is 5.32 Å². The molecule has 28 heavy (non-hydrogen) atoms. The van der Waals surface area contributed by atoms with Crippen molar-refractivity contribution >= 4 is 33.3 Å². The Balaban J connectivity index is 1.48. The lowest BCUT2D eigenvalue weighted by atomic mass is 10.3. The first-order valence-corrected chi connectivity index (χ1v) is 9.19. The van der Waals surface area contributed by atoms with Crippen LogP contribution >= 0.6 is 15.9 Å². The minimum Gasteiger partial charge on any atom is -0.439 e. The molecule has 1 N–H and O–H groups in total. The van der Waals surface area contributed by atoms with Crippen molar-refractivity contribution in [1.29, 1.82) is 0 Å². The lowest BCUT2D eigenvalue weighted by Gasteiger charge is -2.06. The summed E-state index contributed by atoms with van der Waals surface area (Å²) in [5.41, 5.74) is 2.17. The quantitative estimate of drug-likeness (QED) is 0.518. The van der Waals surface area contributed by atoms with Gasteiger partial charge in [0, 0.05) is 21.9 Å². The first-order valence-electron chi connectivity index (χ1n) is 8.40. The number of nitrogens with one attached hydrogen (secondary N) is 1. The number of hydrogen-bond donors (Lipinski definition) is 1. The number of ether oxygens (including phenoxy) is 1. The summed E-state index contributed by atoms with van der Waals surface area (Å²) >= 11 is 3.39. The maximum atomic E-state index is 12.5. The molecule has 0 fully saturated rings. The maximum absolute atomic E-state index is 12.5. The van der Waals surface area contributed by atoms with Gasteiger partial charge in [0.15, 0.2) is 0 Å². The van der Waals surface area contributed by atoms with Gasteiger partial charge in [-0.3, -0.25) is 4.79 Å². The van der Waals surface area contributed by atoms with Crippen LogP contribution < -0.4 is 10.1 Å². The Morgan fingerprint density at radius 2 is 2.00 bits per heavy atom. The molecule has 3 aromatic heterocycles. The molecule has 0 bridgehead atoms. The van der Waals surface area contributed by atoms with E-state index in [1.165, 1.54) is 10.7 Å². The van der Waals surface area contributed by atoms with Gasteiger partial charge in [-0.1, -0.05) is 22.0 Å². The Bertz CT molecular complexity index is 1170. The lowest BCUT2D eigenvalue weighted by Crippen LogP contribution is -2.14. The van der Waals surface area contributed by atoms with Crippen LogP contribution in [0, 0.1) is 13.8 Å². The van der Waals surface area contributed by atoms with Crippen molar-refractivity contribution in [3.05, 3.63) is 70.3 Å². The fourth-order valence-corrected chi connectivity index (χ4v) is 2.99. The van der Waals surface area contributed by atoms with Crippen LogP contribution in [0.1, 0.15) is 22.0 Å². The Morgan fingerprint density at radius 3 is 2.75 bits per heavy atom. The van der Waals surface area contributed by atoms with E-state index < -0.39 is 5.91 Å². The summed E-state index contributed by atoms with van der Waals surface area (Å²) in [4.78, 5) is 25.1. The number of halogens is 1. The molecule has 3 heterocycles. The minimum absolute atomic E-state index is 0.0377. The van der Waals surface area contributed by atoms with Crippen LogP contribution in [0.25, 0.3) is 5.78 Å². The van der Waals surface area contributed by atoms with E-state index >= 15 is 0 Å². The molecule has 1 amide bonds. The van der Waals surface area contributed by atoms with Crippen molar-refractivity contribution in [1.82, 2.24) is 24.6 Å². The summed E-state index contributed by atoms with van der Waals surface area (Å²) in [6.45, 7) is 3.75. The molecule has 140 valence electrons. The summed E-state index contributed by atoms with van der Waals surface area (Å²) in [6.07, 6.45) is 1.51. The molecule has 0 atom stereocenters. The number of aryl methyl sites for hydroxylation is 2. The molecule has 0 spiro atoms. The van der Waals surface area contributed by atoms with Gasteiger partial charge in [0.05, 0.1) is 11.9 Å². The highest BCUT2D eigenvalue weighted by Crippen LogP contribution is 2.23. The summed E-state index contributed by atoms with van der Waals surface area (Å²) < 4.78 is 8.13. The topological polar surface area (TPSA) is 94.3 Å². The smallest absolute Gasteiger partial charge is 0.295 e. The Hall–Kier alpha value is -3.33. The van der Waals surface area contributed by atoms with Gasteiger partial charge in [0.1, 0.15) is 5.75 Å². The van der Waals surface area contributed by atoms with E-state index in [2.05, 4.69) is 41.3 Å². The van der Waals surface area contributed by atoms with E-state index in [1.54, 1.807) is 12.1 Å². The van der Waals surface area contributed by atoms with Gasteiger partial charge in [-0.15, -0.1) is 5.10 Å². The van der Waals surface area contributed by atoms with Crippen LogP contribution in [0.4, 0.5) is 5.69 Å². The van der Waals surface area contributed by atoms with Gasteiger partial charge < -0.3 is 10.1 Å². The third-order valence-corrected chi connectivity index (χ3v) is 4.33. The lowest BCUT2D eigenvalue weighted by molar-refractivity contribution is 0.101. The molecule has 0 aliphatic carbocycles. The SMILES string of the molecule is Cc1cc(C)n2nc(C(=O)Nc3ccc(Oc4cccc(Br)c4)nc3)nc2n1. The Labute approximate surface area is 168 Å². The van der Waals surface area contributed by atoms with E-state index in [1.807, 2.05) is 44.2 Å². The number of aromatic nitrogens is 5. The summed E-state index contributed by atoms with van der Waals surface area (Å²) in [7, 11) is 0. The number of hydrogen-bond acceptors (Lipinski definition) is 6. The number of nitrogens with zero attached hydrogens (tertiary/aromatic N) is 5. The maximum Gasteiger partial charge on any atom is 0.295 e. The zero-order chi connectivity index (χ0) is 19.7. The van der Waals surface area contributed by atoms with Gasteiger partial charge in [-0.05, 0) is 44.2 Å². The van der Waals surface area contributed by atoms with Crippen LogP contribution in [-0.4, -0.2) is 30.5 Å². The minimum atomic E-state index is -0.440. The van der Waals surface area contributed by atoms with Gasteiger partial charge in [0.25, 0.3) is 11.7 Å². The predicted molar refractivity (Wildman–Crippen MR) is 107 cm³/mol. The number of benzene rings is 1. The van der Waals surface area contributed by atoms with Crippen molar-refractivity contribution in [2.45, 2.75) is 13.8 Å². The average Bonchev–Trinajstić information content (AvgIpc) is 3.08. The number of pyridine rings is 1. The van der Waals surface area contributed by atoms with Gasteiger partial charge in [0.2, 0.25) is 11.7 Å². The van der Waals surface area contributed by atoms with Gasteiger partial charge in [-0.2, -0.15) is 4.98 Å². The molecule has 0 saturated heterocycles. The average molecular weight is 439 g/mol.